The van der Waals surface area contributed by atoms with Gasteiger partial charge in [-0.1, -0.05) is 17.7 Å². The van der Waals surface area contributed by atoms with Crippen LogP contribution in [0.1, 0.15) is 10.4 Å². The molecule has 24 heavy (non-hydrogen) atoms. The molecule has 0 saturated heterocycles. The number of hydrogen-bond donors (Lipinski definition) is 1. The molecule has 0 spiro atoms. The number of rotatable bonds is 5. The highest BCUT2D eigenvalue weighted by Crippen LogP contribution is 2.19. The van der Waals surface area contributed by atoms with Crippen molar-refractivity contribution in [2.45, 2.75) is 0 Å². The van der Waals surface area contributed by atoms with E-state index >= 15 is 0 Å². The number of anilines is 1. The molecule has 0 aliphatic rings. The molecule has 2 aromatic rings. The van der Waals surface area contributed by atoms with Gasteiger partial charge in [-0.15, -0.1) is 0 Å². The highest BCUT2D eigenvalue weighted by Gasteiger charge is 2.15. The van der Waals surface area contributed by atoms with Crippen LogP contribution < -0.4 is 5.32 Å². The number of non-ortho nitro benzene ring substituents is 1. The molecule has 9 heteroatoms. The summed E-state index contributed by atoms with van der Waals surface area (Å²) in [6, 6.07) is 8.46. The Kier molecular flexibility index (Phi) is 5.43. The lowest BCUT2D eigenvalue weighted by Gasteiger charge is -2.08. The zero-order valence-corrected chi connectivity index (χ0v) is 12.7. The Morgan fingerprint density at radius 3 is 2.71 bits per heavy atom. The SMILES string of the molecule is O=C(COC(=O)c1cccc([N+](=O)[O-])c1)Nc1cc(Cl)ccc1F. The third kappa shape index (κ3) is 4.50. The lowest BCUT2D eigenvalue weighted by atomic mass is 10.2. The minimum absolute atomic E-state index is 0.0778. The van der Waals surface area contributed by atoms with Gasteiger partial charge in [-0.05, 0) is 24.3 Å². The maximum Gasteiger partial charge on any atom is 0.338 e. The molecule has 0 atom stereocenters. The second-order valence-corrected chi connectivity index (χ2v) is 4.99. The highest BCUT2D eigenvalue weighted by molar-refractivity contribution is 6.30. The van der Waals surface area contributed by atoms with Gasteiger partial charge in [-0.25, -0.2) is 9.18 Å². The summed E-state index contributed by atoms with van der Waals surface area (Å²) in [4.78, 5) is 33.4. The van der Waals surface area contributed by atoms with E-state index in [4.69, 9.17) is 16.3 Å². The van der Waals surface area contributed by atoms with Crippen molar-refractivity contribution in [2.24, 2.45) is 0 Å². The molecule has 0 aliphatic heterocycles. The number of halogens is 2. The quantitative estimate of drug-likeness (QED) is 0.506. The number of ether oxygens (including phenoxy) is 1. The van der Waals surface area contributed by atoms with Gasteiger partial charge in [0.05, 0.1) is 16.2 Å². The molecular formula is C15H10ClFN2O5. The van der Waals surface area contributed by atoms with Crippen LogP contribution in [0.4, 0.5) is 15.8 Å². The highest BCUT2D eigenvalue weighted by atomic mass is 35.5. The topological polar surface area (TPSA) is 98.5 Å². The predicted molar refractivity (Wildman–Crippen MR) is 83.4 cm³/mol. The summed E-state index contributed by atoms with van der Waals surface area (Å²) in [5, 5.41) is 13.1. The van der Waals surface area contributed by atoms with Crippen molar-refractivity contribution in [3.05, 3.63) is 69.0 Å². The van der Waals surface area contributed by atoms with Crippen LogP contribution in [-0.4, -0.2) is 23.4 Å². The number of nitrogens with one attached hydrogen (secondary N) is 1. The fraction of sp³-hybridized carbons (Fsp3) is 0.0667. The second-order valence-electron chi connectivity index (χ2n) is 4.56. The number of carbonyl (C=O) groups excluding carboxylic acids is 2. The fourth-order valence-corrected chi connectivity index (χ4v) is 1.91. The Labute approximate surface area is 140 Å². The van der Waals surface area contributed by atoms with Crippen molar-refractivity contribution in [3.8, 4) is 0 Å². The number of nitro benzene ring substituents is 1. The third-order valence-electron chi connectivity index (χ3n) is 2.83. The minimum atomic E-state index is -0.916. The predicted octanol–water partition coefficient (Wildman–Crippen LogP) is 3.18. The van der Waals surface area contributed by atoms with E-state index in [0.29, 0.717) is 0 Å². The zero-order valence-electron chi connectivity index (χ0n) is 12.0. The molecule has 0 aliphatic carbocycles. The van der Waals surface area contributed by atoms with Crippen LogP contribution in [0.15, 0.2) is 42.5 Å². The number of nitro groups is 1. The van der Waals surface area contributed by atoms with Gasteiger partial charge in [-0.2, -0.15) is 0 Å². The molecule has 1 N–H and O–H groups in total. The van der Waals surface area contributed by atoms with Crippen LogP contribution in [0, 0.1) is 15.9 Å². The number of nitrogens with zero attached hydrogens (tertiary/aromatic N) is 1. The molecular weight excluding hydrogens is 343 g/mol. The first kappa shape index (κ1) is 17.4. The first-order chi connectivity index (χ1) is 11.4. The van der Waals surface area contributed by atoms with E-state index in [0.717, 1.165) is 12.1 Å². The van der Waals surface area contributed by atoms with Gasteiger partial charge in [0.25, 0.3) is 11.6 Å². The monoisotopic (exact) mass is 352 g/mol. The summed E-state index contributed by atoms with van der Waals surface area (Å²) in [6.07, 6.45) is 0. The first-order valence-electron chi connectivity index (χ1n) is 6.53. The molecule has 0 aromatic heterocycles. The van der Waals surface area contributed by atoms with E-state index in [2.05, 4.69) is 5.32 Å². The molecule has 2 aromatic carbocycles. The van der Waals surface area contributed by atoms with Gasteiger partial charge >= 0.3 is 5.97 Å². The van der Waals surface area contributed by atoms with E-state index in [1.807, 2.05) is 0 Å². The number of carbonyl (C=O) groups is 2. The van der Waals surface area contributed by atoms with E-state index < -0.39 is 29.2 Å². The Morgan fingerprint density at radius 2 is 2.00 bits per heavy atom. The summed E-state index contributed by atoms with van der Waals surface area (Å²) in [7, 11) is 0. The lowest BCUT2D eigenvalue weighted by molar-refractivity contribution is -0.384. The van der Waals surface area contributed by atoms with Crippen LogP contribution in [0.3, 0.4) is 0 Å². The average Bonchev–Trinajstić information content (AvgIpc) is 2.56. The molecule has 0 unspecified atom stereocenters. The van der Waals surface area contributed by atoms with E-state index in [1.54, 1.807) is 0 Å². The van der Waals surface area contributed by atoms with Crippen LogP contribution in [-0.2, 0) is 9.53 Å². The van der Waals surface area contributed by atoms with E-state index in [9.17, 15) is 24.1 Å². The summed E-state index contributed by atoms with van der Waals surface area (Å²) < 4.78 is 18.2. The van der Waals surface area contributed by atoms with Crippen LogP contribution in [0.5, 0.6) is 0 Å². The summed E-state index contributed by atoms with van der Waals surface area (Å²) >= 11 is 5.69. The zero-order chi connectivity index (χ0) is 17.7. The molecule has 0 bridgehead atoms. The molecule has 1 amide bonds. The van der Waals surface area contributed by atoms with Gasteiger partial charge in [0.15, 0.2) is 6.61 Å². The van der Waals surface area contributed by atoms with Gasteiger partial charge in [-0.3, -0.25) is 14.9 Å². The number of esters is 1. The molecule has 0 heterocycles. The van der Waals surface area contributed by atoms with Gasteiger partial charge in [0.1, 0.15) is 5.82 Å². The molecule has 0 radical (unpaired) electrons. The van der Waals surface area contributed by atoms with Crippen LogP contribution >= 0.6 is 11.6 Å². The van der Waals surface area contributed by atoms with Crippen molar-refractivity contribution in [3.63, 3.8) is 0 Å². The molecule has 7 nitrogen and oxygen atoms in total. The average molecular weight is 353 g/mol. The smallest absolute Gasteiger partial charge is 0.338 e. The second kappa shape index (κ2) is 7.51. The van der Waals surface area contributed by atoms with Crippen molar-refractivity contribution >= 4 is 34.9 Å². The number of hydrogen-bond acceptors (Lipinski definition) is 5. The van der Waals surface area contributed by atoms with Crippen LogP contribution in [0.25, 0.3) is 0 Å². The summed E-state index contributed by atoms with van der Waals surface area (Å²) in [5.74, 6) is -2.40. The minimum Gasteiger partial charge on any atom is -0.452 e. The Bertz CT molecular complexity index is 812. The van der Waals surface area contributed by atoms with Crippen molar-refractivity contribution in [2.75, 3.05) is 11.9 Å². The van der Waals surface area contributed by atoms with Gasteiger partial charge in [0, 0.05) is 17.2 Å². The normalized spacial score (nSPS) is 10.1. The number of amides is 1. The van der Waals surface area contributed by atoms with Crippen molar-refractivity contribution in [1.29, 1.82) is 0 Å². The van der Waals surface area contributed by atoms with Crippen LogP contribution in [0.2, 0.25) is 5.02 Å². The molecule has 0 fully saturated rings. The lowest BCUT2D eigenvalue weighted by Crippen LogP contribution is -2.21. The molecule has 0 saturated carbocycles. The van der Waals surface area contributed by atoms with Gasteiger partial charge < -0.3 is 10.1 Å². The Balaban J connectivity index is 1.96. The van der Waals surface area contributed by atoms with E-state index in [1.165, 1.54) is 30.3 Å². The Morgan fingerprint density at radius 1 is 1.25 bits per heavy atom. The number of benzene rings is 2. The van der Waals surface area contributed by atoms with Crippen molar-refractivity contribution in [1.82, 2.24) is 0 Å². The summed E-state index contributed by atoms with van der Waals surface area (Å²) in [6.45, 7) is -0.687. The first-order valence-corrected chi connectivity index (χ1v) is 6.91. The fourth-order valence-electron chi connectivity index (χ4n) is 1.74. The van der Waals surface area contributed by atoms with Gasteiger partial charge in [0.2, 0.25) is 0 Å². The third-order valence-corrected chi connectivity index (χ3v) is 3.06. The Hall–Kier alpha value is -3.00. The van der Waals surface area contributed by atoms with Crippen molar-refractivity contribution < 1.29 is 23.6 Å². The van der Waals surface area contributed by atoms with E-state index in [-0.39, 0.29) is 22.0 Å². The summed E-state index contributed by atoms with van der Waals surface area (Å²) in [5.41, 5.74) is -0.514. The molecule has 2 rings (SSSR count). The molecule has 124 valence electrons. The maximum atomic E-state index is 13.5. The standard InChI is InChI=1S/C15H10ClFN2O5/c16-10-4-5-12(17)13(7-10)18-14(20)8-24-15(21)9-2-1-3-11(6-9)19(22)23/h1-7H,8H2,(H,18,20). The largest absolute Gasteiger partial charge is 0.452 e. The maximum absolute atomic E-state index is 13.5.